The number of carbonyl (C=O) groups excluding carboxylic acids is 1. The monoisotopic (exact) mass is 317 g/mol. The maximum atomic E-state index is 12.2. The first kappa shape index (κ1) is 16.3. The Labute approximate surface area is 138 Å². The fourth-order valence-electron chi connectivity index (χ4n) is 3.50. The lowest BCUT2D eigenvalue weighted by atomic mass is 9.99. The van der Waals surface area contributed by atoms with E-state index in [1.807, 2.05) is 4.90 Å². The molecule has 0 spiro atoms. The summed E-state index contributed by atoms with van der Waals surface area (Å²) in [5.41, 5.74) is 4.07. The molecule has 5 heteroatoms. The van der Waals surface area contributed by atoms with E-state index in [1.54, 1.807) is 7.11 Å². The van der Waals surface area contributed by atoms with Gasteiger partial charge in [-0.2, -0.15) is 0 Å². The summed E-state index contributed by atoms with van der Waals surface area (Å²) in [6, 6.07) is 6.88. The van der Waals surface area contributed by atoms with Gasteiger partial charge in [-0.15, -0.1) is 0 Å². The first-order valence-electron chi connectivity index (χ1n) is 8.62. The summed E-state index contributed by atoms with van der Waals surface area (Å²) in [4.78, 5) is 14.2. The van der Waals surface area contributed by atoms with Crippen LogP contribution in [0, 0.1) is 0 Å². The van der Waals surface area contributed by atoms with Crippen LogP contribution in [0.1, 0.15) is 30.4 Å². The third kappa shape index (κ3) is 4.03. The van der Waals surface area contributed by atoms with Gasteiger partial charge in [-0.05, 0) is 43.0 Å². The standard InChI is InChI=1S/C18H27N3O2/c1-23-11-3-6-18(22)21-10-8-15(13-21)20-17-5-2-4-14-7-9-19-12-16(14)17/h2,4-5,15,19-20H,3,6-13H2,1H3/t15-/m0/s1. The molecule has 0 unspecified atom stereocenters. The van der Waals surface area contributed by atoms with Crippen LogP contribution in [0.5, 0.6) is 0 Å². The van der Waals surface area contributed by atoms with E-state index in [0.717, 1.165) is 45.4 Å². The van der Waals surface area contributed by atoms with Crippen molar-refractivity contribution in [1.29, 1.82) is 0 Å². The van der Waals surface area contributed by atoms with Crippen molar-refractivity contribution in [2.45, 2.75) is 38.3 Å². The van der Waals surface area contributed by atoms with Crippen molar-refractivity contribution in [3.05, 3.63) is 29.3 Å². The van der Waals surface area contributed by atoms with Crippen molar-refractivity contribution in [3.63, 3.8) is 0 Å². The van der Waals surface area contributed by atoms with Crippen LogP contribution in [-0.2, 0) is 22.5 Å². The van der Waals surface area contributed by atoms with Crippen LogP contribution in [-0.4, -0.2) is 50.2 Å². The molecule has 2 heterocycles. The number of hydrogen-bond acceptors (Lipinski definition) is 4. The summed E-state index contributed by atoms with van der Waals surface area (Å²) in [6.07, 6.45) is 3.51. The average Bonchev–Trinajstić information content (AvgIpc) is 3.04. The molecule has 2 aliphatic rings. The fraction of sp³-hybridized carbons (Fsp3) is 0.611. The molecular formula is C18H27N3O2. The zero-order valence-corrected chi connectivity index (χ0v) is 13.9. The van der Waals surface area contributed by atoms with Gasteiger partial charge in [0.2, 0.25) is 5.91 Å². The number of benzene rings is 1. The van der Waals surface area contributed by atoms with Crippen molar-refractivity contribution >= 4 is 11.6 Å². The van der Waals surface area contributed by atoms with E-state index >= 15 is 0 Å². The zero-order valence-electron chi connectivity index (χ0n) is 13.9. The van der Waals surface area contributed by atoms with Gasteiger partial charge in [0, 0.05) is 51.5 Å². The van der Waals surface area contributed by atoms with E-state index in [1.165, 1.54) is 16.8 Å². The number of amides is 1. The van der Waals surface area contributed by atoms with Crippen molar-refractivity contribution in [3.8, 4) is 0 Å². The topological polar surface area (TPSA) is 53.6 Å². The van der Waals surface area contributed by atoms with Gasteiger partial charge in [0.15, 0.2) is 0 Å². The number of fused-ring (bicyclic) bond motifs is 1. The van der Waals surface area contributed by atoms with Crippen LogP contribution >= 0.6 is 0 Å². The normalized spacial score (nSPS) is 20.4. The average molecular weight is 317 g/mol. The minimum absolute atomic E-state index is 0.253. The quantitative estimate of drug-likeness (QED) is 0.785. The van der Waals surface area contributed by atoms with E-state index < -0.39 is 0 Å². The van der Waals surface area contributed by atoms with Crippen molar-refractivity contribution in [1.82, 2.24) is 10.2 Å². The van der Waals surface area contributed by atoms with E-state index in [0.29, 0.717) is 19.1 Å². The Bertz CT molecular complexity index is 547. The van der Waals surface area contributed by atoms with Crippen LogP contribution in [0.2, 0.25) is 0 Å². The second-order valence-corrected chi connectivity index (χ2v) is 6.44. The summed E-state index contributed by atoms with van der Waals surface area (Å²) in [5.74, 6) is 0.253. The summed E-state index contributed by atoms with van der Waals surface area (Å²) in [5, 5.41) is 7.11. The van der Waals surface area contributed by atoms with Gasteiger partial charge in [0.05, 0.1) is 0 Å². The van der Waals surface area contributed by atoms with Crippen LogP contribution in [0.3, 0.4) is 0 Å². The molecule has 2 N–H and O–H groups in total. The van der Waals surface area contributed by atoms with Crippen LogP contribution in [0.15, 0.2) is 18.2 Å². The maximum absolute atomic E-state index is 12.2. The fourth-order valence-corrected chi connectivity index (χ4v) is 3.50. The van der Waals surface area contributed by atoms with Crippen molar-refractivity contribution < 1.29 is 9.53 Å². The summed E-state index contributed by atoms with van der Waals surface area (Å²) < 4.78 is 5.02. The minimum atomic E-state index is 0.253. The summed E-state index contributed by atoms with van der Waals surface area (Å²) in [6.45, 7) is 4.32. The number of carbonyl (C=O) groups is 1. The highest BCUT2D eigenvalue weighted by molar-refractivity contribution is 5.76. The molecule has 2 aliphatic heterocycles. The highest BCUT2D eigenvalue weighted by Crippen LogP contribution is 2.25. The number of ether oxygens (including phenoxy) is 1. The molecule has 1 aromatic carbocycles. The second-order valence-electron chi connectivity index (χ2n) is 6.44. The van der Waals surface area contributed by atoms with Gasteiger partial charge in [0.25, 0.3) is 0 Å². The molecule has 1 fully saturated rings. The lowest BCUT2D eigenvalue weighted by Crippen LogP contribution is -2.32. The zero-order chi connectivity index (χ0) is 16.1. The predicted octanol–water partition coefficient (Wildman–Crippen LogP) is 1.77. The van der Waals surface area contributed by atoms with E-state index in [4.69, 9.17) is 4.74 Å². The second kappa shape index (κ2) is 7.79. The largest absolute Gasteiger partial charge is 0.385 e. The highest BCUT2D eigenvalue weighted by Gasteiger charge is 2.26. The van der Waals surface area contributed by atoms with E-state index in [9.17, 15) is 4.79 Å². The van der Waals surface area contributed by atoms with Gasteiger partial charge in [0.1, 0.15) is 0 Å². The van der Waals surface area contributed by atoms with Gasteiger partial charge in [-0.25, -0.2) is 0 Å². The van der Waals surface area contributed by atoms with Crippen LogP contribution in [0.25, 0.3) is 0 Å². The molecule has 1 amide bonds. The Morgan fingerprint density at radius 3 is 3.26 bits per heavy atom. The number of methoxy groups -OCH3 is 1. The molecule has 23 heavy (non-hydrogen) atoms. The van der Waals surface area contributed by atoms with Crippen LogP contribution < -0.4 is 10.6 Å². The van der Waals surface area contributed by atoms with Crippen LogP contribution in [0.4, 0.5) is 5.69 Å². The number of nitrogens with zero attached hydrogens (tertiary/aromatic N) is 1. The molecule has 0 aromatic heterocycles. The molecule has 0 saturated carbocycles. The number of likely N-dealkylation sites (tertiary alicyclic amines) is 1. The molecule has 0 aliphatic carbocycles. The molecule has 3 rings (SSSR count). The first-order valence-corrected chi connectivity index (χ1v) is 8.62. The SMILES string of the molecule is COCCCC(=O)N1CC[C@H](Nc2cccc3c2CNCC3)C1. The first-order chi connectivity index (χ1) is 11.3. The van der Waals surface area contributed by atoms with Gasteiger partial charge < -0.3 is 20.3 Å². The predicted molar refractivity (Wildman–Crippen MR) is 91.6 cm³/mol. The third-order valence-electron chi connectivity index (χ3n) is 4.79. The summed E-state index contributed by atoms with van der Waals surface area (Å²) in [7, 11) is 1.68. The van der Waals surface area contributed by atoms with Gasteiger partial charge >= 0.3 is 0 Å². The molecule has 1 aromatic rings. The molecular weight excluding hydrogens is 290 g/mol. The smallest absolute Gasteiger partial charge is 0.222 e. The molecule has 0 bridgehead atoms. The number of hydrogen-bond donors (Lipinski definition) is 2. The Morgan fingerprint density at radius 2 is 2.39 bits per heavy atom. The molecule has 1 atom stereocenters. The Hall–Kier alpha value is -1.59. The maximum Gasteiger partial charge on any atom is 0.222 e. The Balaban J connectivity index is 1.55. The highest BCUT2D eigenvalue weighted by atomic mass is 16.5. The van der Waals surface area contributed by atoms with Gasteiger partial charge in [-0.1, -0.05) is 12.1 Å². The number of nitrogens with one attached hydrogen (secondary N) is 2. The molecule has 126 valence electrons. The Kier molecular flexibility index (Phi) is 5.51. The van der Waals surface area contributed by atoms with Crippen molar-refractivity contribution in [2.24, 2.45) is 0 Å². The lowest BCUT2D eigenvalue weighted by molar-refractivity contribution is -0.130. The number of rotatable bonds is 6. The van der Waals surface area contributed by atoms with E-state index in [-0.39, 0.29) is 5.91 Å². The third-order valence-corrected chi connectivity index (χ3v) is 4.79. The Morgan fingerprint density at radius 1 is 1.48 bits per heavy atom. The van der Waals surface area contributed by atoms with E-state index in [2.05, 4.69) is 28.8 Å². The molecule has 5 nitrogen and oxygen atoms in total. The summed E-state index contributed by atoms with van der Waals surface area (Å²) >= 11 is 0. The number of anilines is 1. The molecule has 0 radical (unpaired) electrons. The molecule has 1 saturated heterocycles. The lowest BCUT2D eigenvalue weighted by Gasteiger charge is -2.23. The minimum Gasteiger partial charge on any atom is -0.385 e. The van der Waals surface area contributed by atoms with Crippen molar-refractivity contribution in [2.75, 3.05) is 38.7 Å². The van der Waals surface area contributed by atoms with Gasteiger partial charge in [-0.3, -0.25) is 4.79 Å².